The number of nitrogens with zero attached hydrogens (tertiary/aromatic N) is 3. The minimum atomic E-state index is 0.928. The average molecular weight is 199 g/mol. The van der Waals surface area contributed by atoms with Crippen LogP contribution < -0.4 is 4.90 Å². The zero-order valence-corrected chi connectivity index (χ0v) is 8.94. The first-order chi connectivity index (χ1) is 7.25. The van der Waals surface area contributed by atoms with Gasteiger partial charge in [0, 0.05) is 7.05 Å². The second kappa shape index (κ2) is 2.86. The molecular formula is C12H13N3. The Kier molecular flexibility index (Phi) is 1.63. The molecule has 0 atom stereocenters. The van der Waals surface area contributed by atoms with Crippen LogP contribution in [0, 0.1) is 6.92 Å². The third-order valence-electron chi connectivity index (χ3n) is 2.83. The molecule has 3 heteroatoms. The third-order valence-corrected chi connectivity index (χ3v) is 2.83. The summed E-state index contributed by atoms with van der Waals surface area (Å²) < 4.78 is 2.05. The largest absolute Gasteiger partial charge is 0.367 e. The van der Waals surface area contributed by atoms with Crippen molar-refractivity contribution in [3.05, 3.63) is 41.7 Å². The fourth-order valence-electron chi connectivity index (χ4n) is 2.17. The van der Waals surface area contributed by atoms with E-state index in [9.17, 15) is 0 Å². The molecule has 1 aromatic carbocycles. The Labute approximate surface area is 88.9 Å². The van der Waals surface area contributed by atoms with Gasteiger partial charge in [-0.05, 0) is 25.1 Å². The van der Waals surface area contributed by atoms with E-state index in [1.165, 1.54) is 17.1 Å². The molecule has 0 amide bonds. The highest BCUT2D eigenvalue weighted by atomic mass is 15.3. The Balaban J connectivity index is 2.29. The van der Waals surface area contributed by atoms with E-state index in [0.29, 0.717) is 0 Å². The van der Waals surface area contributed by atoms with Crippen molar-refractivity contribution in [3.63, 3.8) is 0 Å². The standard InChI is InChI=1S/C12H13N3/c1-9-7-10-8-14(2)11-5-3-4-6-12(11)15(10)13-9/h3-7H,8H2,1-2H3. The van der Waals surface area contributed by atoms with Crippen LogP contribution in [0.5, 0.6) is 0 Å². The van der Waals surface area contributed by atoms with Crippen molar-refractivity contribution in [1.29, 1.82) is 0 Å². The van der Waals surface area contributed by atoms with Crippen LogP contribution in [0.15, 0.2) is 30.3 Å². The van der Waals surface area contributed by atoms with Gasteiger partial charge in [-0.15, -0.1) is 0 Å². The van der Waals surface area contributed by atoms with Gasteiger partial charge in [0.15, 0.2) is 0 Å². The molecule has 1 aliphatic rings. The summed E-state index contributed by atoms with van der Waals surface area (Å²) >= 11 is 0. The summed E-state index contributed by atoms with van der Waals surface area (Å²) in [4.78, 5) is 2.26. The number of hydrogen-bond donors (Lipinski definition) is 0. The van der Waals surface area contributed by atoms with Crippen LogP contribution in [0.3, 0.4) is 0 Å². The number of aromatic nitrogens is 2. The summed E-state index contributed by atoms with van der Waals surface area (Å²) in [6.45, 7) is 2.96. The van der Waals surface area contributed by atoms with Gasteiger partial charge in [-0.1, -0.05) is 12.1 Å². The minimum absolute atomic E-state index is 0.928. The SMILES string of the molecule is Cc1cc2n(n1)-c1ccccc1N(C)C2. The Morgan fingerprint density at radius 3 is 2.73 bits per heavy atom. The van der Waals surface area contributed by atoms with Crippen molar-refractivity contribution in [3.8, 4) is 5.69 Å². The van der Waals surface area contributed by atoms with Gasteiger partial charge in [-0.3, -0.25) is 0 Å². The van der Waals surface area contributed by atoms with Gasteiger partial charge in [0.1, 0.15) is 0 Å². The van der Waals surface area contributed by atoms with E-state index in [1.54, 1.807) is 0 Å². The van der Waals surface area contributed by atoms with E-state index in [0.717, 1.165) is 12.2 Å². The number of hydrogen-bond acceptors (Lipinski definition) is 2. The summed E-state index contributed by atoms with van der Waals surface area (Å²) in [6.07, 6.45) is 0. The summed E-state index contributed by atoms with van der Waals surface area (Å²) in [5.41, 5.74) is 4.76. The highest BCUT2D eigenvalue weighted by molar-refractivity contribution is 5.64. The smallest absolute Gasteiger partial charge is 0.0883 e. The zero-order valence-electron chi connectivity index (χ0n) is 8.94. The van der Waals surface area contributed by atoms with E-state index in [2.05, 4.69) is 47.4 Å². The molecule has 3 nitrogen and oxygen atoms in total. The van der Waals surface area contributed by atoms with Crippen molar-refractivity contribution in [2.24, 2.45) is 0 Å². The predicted octanol–water partition coefficient (Wildman–Crippen LogP) is 2.13. The summed E-state index contributed by atoms with van der Waals surface area (Å²) in [7, 11) is 2.12. The van der Waals surface area contributed by atoms with Gasteiger partial charge >= 0.3 is 0 Å². The minimum Gasteiger partial charge on any atom is -0.367 e. The van der Waals surface area contributed by atoms with E-state index >= 15 is 0 Å². The molecule has 0 saturated carbocycles. The van der Waals surface area contributed by atoms with Crippen molar-refractivity contribution in [2.75, 3.05) is 11.9 Å². The normalized spacial score (nSPS) is 13.6. The fourth-order valence-corrected chi connectivity index (χ4v) is 2.17. The van der Waals surface area contributed by atoms with Crippen molar-refractivity contribution < 1.29 is 0 Å². The first kappa shape index (κ1) is 8.53. The number of aryl methyl sites for hydroxylation is 1. The molecule has 0 N–H and O–H groups in total. The Bertz CT molecular complexity index is 513. The molecule has 15 heavy (non-hydrogen) atoms. The summed E-state index contributed by atoms with van der Waals surface area (Å²) in [5.74, 6) is 0. The quantitative estimate of drug-likeness (QED) is 0.648. The molecule has 2 heterocycles. The molecule has 0 unspecified atom stereocenters. The molecule has 3 rings (SSSR count). The van der Waals surface area contributed by atoms with E-state index in [-0.39, 0.29) is 0 Å². The molecule has 1 aliphatic heterocycles. The lowest BCUT2D eigenvalue weighted by Crippen LogP contribution is -2.25. The van der Waals surface area contributed by atoms with Crippen LogP contribution in [0.2, 0.25) is 0 Å². The molecule has 2 aromatic rings. The molecular weight excluding hydrogens is 186 g/mol. The lowest BCUT2D eigenvalue weighted by molar-refractivity contribution is 0.736. The molecule has 76 valence electrons. The Morgan fingerprint density at radius 2 is 1.93 bits per heavy atom. The molecule has 0 radical (unpaired) electrons. The van der Waals surface area contributed by atoms with E-state index in [1.807, 2.05) is 11.6 Å². The Hall–Kier alpha value is -1.77. The maximum atomic E-state index is 4.52. The number of rotatable bonds is 0. The molecule has 0 saturated heterocycles. The van der Waals surface area contributed by atoms with E-state index in [4.69, 9.17) is 0 Å². The average Bonchev–Trinajstić information content (AvgIpc) is 2.59. The van der Waals surface area contributed by atoms with Gasteiger partial charge in [0.05, 0.1) is 29.3 Å². The van der Waals surface area contributed by atoms with Crippen LogP contribution >= 0.6 is 0 Å². The molecule has 0 fully saturated rings. The molecule has 0 aliphatic carbocycles. The maximum Gasteiger partial charge on any atom is 0.0883 e. The van der Waals surface area contributed by atoms with Gasteiger partial charge < -0.3 is 4.90 Å². The van der Waals surface area contributed by atoms with Crippen molar-refractivity contribution >= 4 is 5.69 Å². The fraction of sp³-hybridized carbons (Fsp3) is 0.250. The first-order valence-electron chi connectivity index (χ1n) is 5.12. The number of para-hydroxylation sites is 2. The van der Waals surface area contributed by atoms with Crippen LogP contribution in [-0.2, 0) is 6.54 Å². The van der Waals surface area contributed by atoms with E-state index < -0.39 is 0 Å². The second-order valence-corrected chi connectivity index (χ2v) is 4.03. The van der Waals surface area contributed by atoms with Crippen LogP contribution in [-0.4, -0.2) is 16.8 Å². The first-order valence-corrected chi connectivity index (χ1v) is 5.12. The molecule has 1 aromatic heterocycles. The number of fused-ring (bicyclic) bond motifs is 3. The lowest BCUT2D eigenvalue weighted by Gasteiger charge is -2.27. The van der Waals surface area contributed by atoms with Crippen molar-refractivity contribution in [1.82, 2.24) is 9.78 Å². The topological polar surface area (TPSA) is 21.1 Å². The maximum absolute atomic E-state index is 4.52. The number of benzene rings is 1. The van der Waals surface area contributed by atoms with Crippen LogP contribution in [0.25, 0.3) is 5.69 Å². The lowest BCUT2D eigenvalue weighted by atomic mass is 10.2. The predicted molar refractivity (Wildman–Crippen MR) is 60.4 cm³/mol. The second-order valence-electron chi connectivity index (χ2n) is 4.03. The molecule has 0 spiro atoms. The van der Waals surface area contributed by atoms with Crippen molar-refractivity contribution in [2.45, 2.75) is 13.5 Å². The summed E-state index contributed by atoms with van der Waals surface area (Å²) in [5, 5.41) is 4.52. The van der Waals surface area contributed by atoms with Gasteiger partial charge in [0.25, 0.3) is 0 Å². The number of anilines is 1. The third kappa shape index (κ3) is 1.16. The van der Waals surface area contributed by atoms with Gasteiger partial charge in [-0.25, -0.2) is 4.68 Å². The Morgan fingerprint density at radius 1 is 1.20 bits per heavy atom. The van der Waals surface area contributed by atoms with Gasteiger partial charge in [-0.2, -0.15) is 5.10 Å². The summed E-state index contributed by atoms with van der Waals surface area (Å²) in [6, 6.07) is 10.5. The van der Waals surface area contributed by atoms with Gasteiger partial charge in [0.2, 0.25) is 0 Å². The highest BCUT2D eigenvalue weighted by Gasteiger charge is 2.19. The monoisotopic (exact) mass is 199 g/mol. The van der Waals surface area contributed by atoms with Crippen LogP contribution in [0.1, 0.15) is 11.4 Å². The van der Waals surface area contributed by atoms with Crippen LogP contribution in [0.4, 0.5) is 5.69 Å². The molecule has 0 bridgehead atoms. The highest BCUT2D eigenvalue weighted by Crippen LogP contribution is 2.30. The zero-order chi connectivity index (χ0) is 10.4.